The lowest BCUT2D eigenvalue weighted by molar-refractivity contribution is -0.136. The molecule has 3 heterocycles. The normalized spacial score (nSPS) is 25.5. The third-order valence-electron chi connectivity index (χ3n) is 4.83. The fraction of sp³-hybridized carbons (Fsp3) is 0.688. The van der Waals surface area contributed by atoms with E-state index >= 15 is 0 Å². The van der Waals surface area contributed by atoms with Crippen LogP contribution in [0, 0.1) is 5.41 Å². The second-order valence-corrected chi connectivity index (χ2v) is 6.70. The lowest BCUT2D eigenvalue weighted by Gasteiger charge is -2.39. The van der Waals surface area contributed by atoms with Crippen LogP contribution in [0.1, 0.15) is 19.3 Å². The van der Waals surface area contributed by atoms with Gasteiger partial charge in [-0.15, -0.1) is 0 Å². The van der Waals surface area contributed by atoms with Crippen molar-refractivity contribution in [1.82, 2.24) is 19.8 Å². The van der Waals surface area contributed by atoms with Crippen molar-refractivity contribution in [2.24, 2.45) is 5.41 Å². The monoisotopic (exact) mass is 303 g/mol. The number of likely N-dealkylation sites (tertiary alicyclic amines) is 1. The van der Waals surface area contributed by atoms with Crippen molar-refractivity contribution in [2.45, 2.75) is 19.3 Å². The van der Waals surface area contributed by atoms with Gasteiger partial charge in [-0.1, -0.05) is 0 Å². The van der Waals surface area contributed by atoms with E-state index < -0.39 is 0 Å². The molecule has 0 aromatic carbocycles. The van der Waals surface area contributed by atoms with E-state index in [-0.39, 0.29) is 5.41 Å². The van der Waals surface area contributed by atoms with Crippen LogP contribution >= 0.6 is 0 Å². The number of amides is 1. The zero-order valence-corrected chi connectivity index (χ0v) is 13.5. The maximum Gasteiger partial charge on any atom is 0.230 e. The minimum atomic E-state index is -0.218. The zero-order valence-electron chi connectivity index (χ0n) is 13.5. The van der Waals surface area contributed by atoms with Crippen molar-refractivity contribution in [1.29, 1.82) is 0 Å². The van der Waals surface area contributed by atoms with Crippen LogP contribution in [0.5, 0.6) is 0 Å². The second kappa shape index (κ2) is 6.20. The minimum absolute atomic E-state index is 0.218. The third-order valence-corrected chi connectivity index (χ3v) is 4.83. The molecule has 2 fully saturated rings. The highest BCUT2D eigenvalue weighted by Gasteiger charge is 2.49. The molecule has 1 aromatic rings. The Labute approximate surface area is 132 Å². The number of hydrogen-bond acceptors (Lipinski definition) is 5. The van der Waals surface area contributed by atoms with Crippen molar-refractivity contribution in [3.8, 4) is 0 Å². The molecule has 3 rings (SSSR count). The van der Waals surface area contributed by atoms with Crippen LogP contribution in [0.3, 0.4) is 0 Å². The average Bonchev–Trinajstić information content (AvgIpc) is 2.83. The van der Waals surface area contributed by atoms with E-state index in [2.05, 4.69) is 19.8 Å². The molecule has 120 valence electrons. The molecule has 6 nitrogen and oxygen atoms in total. The lowest BCUT2D eigenvalue weighted by atomic mass is 9.78. The van der Waals surface area contributed by atoms with Gasteiger partial charge in [-0.25, -0.2) is 9.97 Å². The van der Waals surface area contributed by atoms with Gasteiger partial charge in [0.25, 0.3) is 0 Å². The molecule has 0 radical (unpaired) electrons. The van der Waals surface area contributed by atoms with Gasteiger partial charge in [0, 0.05) is 45.1 Å². The predicted molar refractivity (Wildman–Crippen MR) is 85.7 cm³/mol. The van der Waals surface area contributed by atoms with Gasteiger partial charge in [0.2, 0.25) is 11.9 Å². The van der Waals surface area contributed by atoms with E-state index in [1.54, 1.807) is 12.4 Å². The molecule has 2 aliphatic rings. The Bertz CT molecular complexity index is 521. The van der Waals surface area contributed by atoms with Crippen LogP contribution in [-0.4, -0.2) is 72.5 Å². The van der Waals surface area contributed by atoms with Crippen LogP contribution < -0.4 is 4.90 Å². The molecule has 1 aromatic heterocycles. The fourth-order valence-corrected chi connectivity index (χ4v) is 3.56. The Hall–Kier alpha value is -1.69. The Morgan fingerprint density at radius 1 is 1.23 bits per heavy atom. The predicted octanol–water partition coefficient (Wildman–Crippen LogP) is 0.857. The van der Waals surface area contributed by atoms with Gasteiger partial charge in [0.05, 0.1) is 5.41 Å². The van der Waals surface area contributed by atoms with E-state index in [0.717, 1.165) is 57.9 Å². The summed E-state index contributed by atoms with van der Waals surface area (Å²) in [6, 6.07) is 1.83. The SMILES string of the molecule is CN(C)CCN1CCC2(CCCN(c3ncccn3)C2)C1=O. The van der Waals surface area contributed by atoms with Crippen LogP contribution in [0.25, 0.3) is 0 Å². The highest BCUT2D eigenvalue weighted by atomic mass is 16.2. The second-order valence-electron chi connectivity index (χ2n) is 6.70. The van der Waals surface area contributed by atoms with Crippen LogP contribution in [0.15, 0.2) is 18.5 Å². The van der Waals surface area contributed by atoms with Crippen LogP contribution in [-0.2, 0) is 4.79 Å². The molecule has 2 saturated heterocycles. The summed E-state index contributed by atoms with van der Waals surface area (Å²) in [4.78, 5) is 27.9. The van der Waals surface area contributed by atoms with E-state index in [4.69, 9.17) is 0 Å². The van der Waals surface area contributed by atoms with Gasteiger partial charge >= 0.3 is 0 Å². The van der Waals surface area contributed by atoms with E-state index in [1.807, 2.05) is 25.1 Å². The lowest BCUT2D eigenvalue weighted by Crippen LogP contribution is -2.49. The number of rotatable bonds is 4. The maximum absolute atomic E-state index is 12.9. The summed E-state index contributed by atoms with van der Waals surface area (Å²) >= 11 is 0. The molecule has 1 unspecified atom stereocenters. The van der Waals surface area contributed by atoms with Crippen molar-refractivity contribution < 1.29 is 4.79 Å². The Balaban J connectivity index is 1.70. The quantitative estimate of drug-likeness (QED) is 0.826. The first-order chi connectivity index (χ1) is 10.6. The van der Waals surface area contributed by atoms with Crippen LogP contribution in [0.2, 0.25) is 0 Å². The van der Waals surface area contributed by atoms with Crippen molar-refractivity contribution in [3.63, 3.8) is 0 Å². The molecule has 0 saturated carbocycles. The number of carbonyl (C=O) groups excluding carboxylic acids is 1. The first kappa shape index (κ1) is 15.2. The highest BCUT2D eigenvalue weighted by Crippen LogP contribution is 2.40. The van der Waals surface area contributed by atoms with E-state index in [0.29, 0.717) is 5.91 Å². The standard InChI is InChI=1S/C16H25N5O/c1-19(2)11-12-20-10-6-16(14(20)22)5-3-9-21(13-16)15-17-7-4-8-18-15/h4,7-8H,3,5-6,9-13H2,1-2H3. The summed E-state index contributed by atoms with van der Waals surface area (Å²) in [5, 5.41) is 0. The summed E-state index contributed by atoms with van der Waals surface area (Å²) in [6.07, 6.45) is 6.52. The summed E-state index contributed by atoms with van der Waals surface area (Å²) in [5.74, 6) is 1.08. The van der Waals surface area contributed by atoms with Crippen LogP contribution in [0.4, 0.5) is 5.95 Å². The summed E-state index contributed by atoms with van der Waals surface area (Å²) in [6.45, 7) is 4.34. The molecule has 1 amide bonds. The van der Waals surface area contributed by atoms with Gasteiger partial charge in [-0.3, -0.25) is 4.79 Å². The van der Waals surface area contributed by atoms with Gasteiger partial charge in [0.15, 0.2) is 0 Å². The number of piperidine rings is 1. The van der Waals surface area contributed by atoms with Crippen molar-refractivity contribution >= 4 is 11.9 Å². The molecular weight excluding hydrogens is 278 g/mol. The molecule has 1 spiro atoms. The Morgan fingerprint density at radius 2 is 2.00 bits per heavy atom. The van der Waals surface area contributed by atoms with E-state index in [9.17, 15) is 4.79 Å². The molecule has 0 bridgehead atoms. The van der Waals surface area contributed by atoms with Gasteiger partial charge in [-0.05, 0) is 39.4 Å². The molecule has 2 aliphatic heterocycles. The van der Waals surface area contributed by atoms with Gasteiger partial charge in [-0.2, -0.15) is 0 Å². The fourth-order valence-electron chi connectivity index (χ4n) is 3.56. The molecule has 0 aliphatic carbocycles. The number of nitrogens with zero attached hydrogens (tertiary/aromatic N) is 5. The maximum atomic E-state index is 12.9. The number of hydrogen-bond donors (Lipinski definition) is 0. The van der Waals surface area contributed by atoms with Gasteiger partial charge < -0.3 is 14.7 Å². The van der Waals surface area contributed by atoms with Crippen molar-refractivity contribution in [3.05, 3.63) is 18.5 Å². The molecule has 1 atom stereocenters. The van der Waals surface area contributed by atoms with Gasteiger partial charge in [0.1, 0.15) is 0 Å². The summed E-state index contributed by atoms with van der Waals surface area (Å²) < 4.78 is 0. The Morgan fingerprint density at radius 3 is 2.73 bits per heavy atom. The molecule has 22 heavy (non-hydrogen) atoms. The number of likely N-dealkylation sites (N-methyl/N-ethyl adjacent to an activating group) is 1. The smallest absolute Gasteiger partial charge is 0.230 e. The zero-order chi connectivity index (χ0) is 15.6. The molecule has 0 N–H and O–H groups in total. The Kier molecular flexibility index (Phi) is 4.29. The van der Waals surface area contributed by atoms with E-state index in [1.165, 1.54) is 0 Å². The first-order valence-electron chi connectivity index (χ1n) is 8.07. The highest BCUT2D eigenvalue weighted by molar-refractivity contribution is 5.85. The summed E-state index contributed by atoms with van der Waals surface area (Å²) in [5.41, 5.74) is -0.218. The molecular formula is C16H25N5O. The first-order valence-corrected chi connectivity index (χ1v) is 8.07. The number of carbonyl (C=O) groups is 1. The number of anilines is 1. The number of aromatic nitrogens is 2. The minimum Gasteiger partial charge on any atom is -0.341 e. The average molecular weight is 303 g/mol. The topological polar surface area (TPSA) is 52.6 Å². The third kappa shape index (κ3) is 2.92. The molecule has 6 heteroatoms. The summed E-state index contributed by atoms with van der Waals surface area (Å²) in [7, 11) is 4.09. The van der Waals surface area contributed by atoms with Crippen molar-refractivity contribution in [2.75, 3.05) is 51.7 Å². The largest absolute Gasteiger partial charge is 0.341 e.